The number of aryl methyl sites for hydroxylation is 2. The van der Waals surface area contributed by atoms with Crippen LogP contribution < -0.4 is 27.2 Å². The van der Waals surface area contributed by atoms with Crippen LogP contribution in [0.25, 0.3) is 22.3 Å². The lowest BCUT2D eigenvalue weighted by atomic mass is 10.0. The number of phenols is 2. The van der Waals surface area contributed by atoms with Crippen LogP contribution in [0.1, 0.15) is 44.2 Å². The summed E-state index contributed by atoms with van der Waals surface area (Å²) in [4.78, 5) is 12.5. The van der Waals surface area contributed by atoms with Gasteiger partial charge >= 0.3 is 0 Å². The third kappa shape index (κ3) is 7.89. The Bertz CT molecular complexity index is 1400. The predicted molar refractivity (Wildman–Crippen MR) is 157 cm³/mol. The van der Waals surface area contributed by atoms with Gasteiger partial charge in [0, 0.05) is 24.3 Å². The van der Waals surface area contributed by atoms with Crippen molar-refractivity contribution in [1.82, 2.24) is 0 Å². The van der Waals surface area contributed by atoms with E-state index in [4.69, 9.17) is 25.8 Å². The molecule has 0 aliphatic rings. The smallest absolute Gasteiger partial charge is 0.204 e. The molecule has 8 N–H and O–H groups in total. The van der Waals surface area contributed by atoms with Crippen LogP contribution in [0.5, 0.6) is 17.2 Å². The Labute approximate surface area is 228 Å². The topological polar surface area (TPSA) is 164 Å². The van der Waals surface area contributed by atoms with E-state index in [-0.39, 0.29) is 34.8 Å². The highest BCUT2D eigenvalue weighted by molar-refractivity contribution is 5.91. The first-order valence-electron chi connectivity index (χ1n) is 12.9. The molecule has 0 saturated carbocycles. The van der Waals surface area contributed by atoms with Crippen LogP contribution in [0.15, 0.2) is 63.8 Å². The molecule has 4 rings (SSSR count). The van der Waals surface area contributed by atoms with Gasteiger partial charge in [0.1, 0.15) is 16.9 Å². The Kier molecular flexibility index (Phi) is 12.1. The van der Waals surface area contributed by atoms with E-state index in [1.807, 2.05) is 63.2 Å². The summed E-state index contributed by atoms with van der Waals surface area (Å²) in [5.74, 6) is 4.85. The van der Waals surface area contributed by atoms with Gasteiger partial charge in [-0.25, -0.2) is 0 Å². The number of hydrazine groups is 1. The number of nitrogen functional groups attached to an aromatic ring is 2. The Hall–Kier alpha value is -4.21. The van der Waals surface area contributed by atoms with Crippen molar-refractivity contribution in [3.8, 4) is 28.6 Å². The van der Waals surface area contributed by atoms with Crippen LogP contribution in [0.3, 0.4) is 0 Å². The lowest BCUT2D eigenvalue weighted by Crippen LogP contribution is -2.09. The van der Waals surface area contributed by atoms with Crippen molar-refractivity contribution in [1.29, 1.82) is 0 Å². The van der Waals surface area contributed by atoms with Crippen molar-refractivity contribution >= 4 is 22.3 Å². The minimum absolute atomic E-state index is 0.00209. The molecule has 1 aromatic heterocycles. The molecule has 9 nitrogen and oxygen atoms in total. The fraction of sp³-hybridized carbons (Fsp3) is 0.300. The van der Waals surface area contributed by atoms with Gasteiger partial charge in [-0.2, -0.15) is 0 Å². The summed E-state index contributed by atoms with van der Waals surface area (Å²) >= 11 is 0. The van der Waals surface area contributed by atoms with Crippen LogP contribution in [-0.4, -0.2) is 29.0 Å². The zero-order chi connectivity index (χ0) is 28.9. The van der Waals surface area contributed by atoms with Crippen LogP contribution >= 0.6 is 0 Å². The zero-order valence-corrected chi connectivity index (χ0v) is 23.0. The fourth-order valence-electron chi connectivity index (χ4n) is 3.88. The van der Waals surface area contributed by atoms with Crippen molar-refractivity contribution in [2.24, 2.45) is 5.84 Å². The first-order valence-corrected chi connectivity index (χ1v) is 12.9. The number of aliphatic hydroxyl groups is 1. The number of nitrogens with two attached hydrogens (primary N) is 2. The van der Waals surface area contributed by atoms with Crippen LogP contribution in [-0.2, 0) is 6.42 Å². The lowest BCUT2D eigenvalue weighted by molar-refractivity contribution is 0.283. The van der Waals surface area contributed by atoms with E-state index in [1.54, 1.807) is 0 Å². The maximum absolute atomic E-state index is 12.5. The van der Waals surface area contributed by atoms with Gasteiger partial charge in [-0.3, -0.25) is 10.6 Å². The van der Waals surface area contributed by atoms with Gasteiger partial charge in [-0.05, 0) is 43.4 Å². The van der Waals surface area contributed by atoms with Crippen molar-refractivity contribution in [2.75, 3.05) is 24.9 Å². The Balaban J connectivity index is 0.000000372. The molecule has 210 valence electrons. The lowest BCUT2D eigenvalue weighted by Gasteiger charge is -2.10. The molecular formula is C30H39N3O6. The van der Waals surface area contributed by atoms with E-state index in [0.29, 0.717) is 17.0 Å². The number of nitrogens with one attached hydrogen (secondary N) is 1. The van der Waals surface area contributed by atoms with E-state index >= 15 is 0 Å². The molecule has 0 spiro atoms. The van der Waals surface area contributed by atoms with Crippen LogP contribution in [0.2, 0.25) is 0 Å². The molecular weight excluding hydrogens is 498 g/mol. The standard InChI is InChI=1S/C21H22O6.C7H11N3.C2H6/c1-26-20-17(25)11-15(23)19-16(24)12-18(27-21(19)20)14-8-6-13(7-9-14)5-3-2-4-10-22;1-5-3-2-4-6(10-9)7(5)8;1-2/h6-9,11-12,22-23,25H,2-5,10H2,1H3;2-4,10H,8-9H2,1H3;1-2H3. The van der Waals surface area contributed by atoms with E-state index in [9.17, 15) is 15.0 Å². The summed E-state index contributed by atoms with van der Waals surface area (Å²) in [6, 6.07) is 15.7. The number of anilines is 2. The molecule has 1 heterocycles. The Morgan fingerprint density at radius 3 is 2.26 bits per heavy atom. The molecule has 0 fully saturated rings. The molecule has 3 aromatic carbocycles. The average molecular weight is 538 g/mol. The first kappa shape index (κ1) is 31.0. The number of ether oxygens (including phenoxy) is 1. The third-order valence-corrected chi connectivity index (χ3v) is 5.96. The second kappa shape index (κ2) is 15.3. The number of rotatable bonds is 8. The van der Waals surface area contributed by atoms with Crippen molar-refractivity contribution in [3.05, 3.63) is 75.9 Å². The Morgan fingerprint density at radius 2 is 1.67 bits per heavy atom. The minimum Gasteiger partial charge on any atom is -0.507 e. The van der Waals surface area contributed by atoms with Gasteiger partial charge in [-0.15, -0.1) is 0 Å². The number of para-hydroxylation sites is 1. The van der Waals surface area contributed by atoms with Crippen LogP contribution in [0.4, 0.5) is 11.4 Å². The van der Waals surface area contributed by atoms with Gasteiger partial charge in [0.15, 0.2) is 16.8 Å². The normalized spacial score (nSPS) is 10.2. The van der Waals surface area contributed by atoms with Gasteiger partial charge < -0.3 is 35.6 Å². The minimum atomic E-state index is -0.421. The number of unbranched alkanes of at least 4 members (excludes halogenated alkanes) is 2. The summed E-state index contributed by atoms with van der Waals surface area (Å²) in [6.45, 7) is 6.16. The van der Waals surface area contributed by atoms with Gasteiger partial charge in [-0.1, -0.05) is 56.7 Å². The summed E-state index contributed by atoms with van der Waals surface area (Å²) in [6.07, 6.45) is 3.70. The van der Waals surface area contributed by atoms with Crippen molar-refractivity contribution in [2.45, 2.75) is 46.5 Å². The SMILES string of the molecule is CC.COc1c(O)cc(O)c2c(=O)cc(-c3ccc(CCCCCO)cc3)oc12.Cc1cccc(NN)c1N. The summed E-state index contributed by atoms with van der Waals surface area (Å²) in [5.41, 5.74) is 12.1. The largest absolute Gasteiger partial charge is 0.507 e. The summed E-state index contributed by atoms with van der Waals surface area (Å²) < 4.78 is 10.9. The molecule has 0 aliphatic carbocycles. The molecule has 0 atom stereocenters. The predicted octanol–water partition coefficient (Wildman–Crippen LogP) is 5.47. The van der Waals surface area contributed by atoms with Crippen molar-refractivity contribution < 1.29 is 24.5 Å². The van der Waals surface area contributed by atoms with E-state index < -0.39 is 5.43 Å². The van der Waals surface area contributed by atoms with E-state index in [1.165, 1.54) is 13.2 Å². The number of phenolic OH excluding ortho intramolecular Hbond substituents is 2. The molecule has 0 radical (unpaired) electrons. The second-order valence-corrected chi connectivity index (χ2v) is 8.54. The third-order valence-electron chi connectivity index (χ3n) is 5.96. The number of aromatic hydroxyl groups is 2. The summed E-state index contributed by atoms with van der Waals surface area (Å²) in [7, 11) is 1.35. The molecule has 0 unspecified atom stereocenters. The van der Waals surface area contributed by atoms with Gasteiger partial charge in [0.2, 0.25) is 5.75 Å². The highest BCUT2D eigenvalue weighted by Gasteiger charge is 2.18. The highest BCUT2D eigenvalue weighted by Crippen LogP contribution is 2.40. The molecule has 0 bridgehead atoms. The van der Waals surface area contributed by atoms with Crippen LogP contribution in [0, 0.1) is 6.92 Å². The molecule has 4 aromatic rings. The number of hydrogen-bond acceptors (Lipinski definition) is 9. The maximum atomic E-state index is 12.5. The molecule has 9 heteroatoms. The molecule has 0 saturated heterocycles. The van der Waals surface area contributed by atoms with Crippen molar-refractivity contribution in [3.63, 3.8) is 0 Å². The Morgan fingerprint density at radius 1 is 0.974 bits per heavy atom. The number of methoxy groups -OCH3 is 1. The number of benzene rings is 3. The second-order valence-electron chi connectivity index (χ2n) is 8.54. The monoisotopic (exact) mass is 537 g/mol. The quantitative estimate of drug-likeness (QED) is 0.0739. The highest BCUT2D eigenvalue weighted by atomic mass is 16.5. The number of hydrogen-bond donors (Lipinski definition) is 6. The van der Waals surface area contributed by atoms with E-state index in [2.05, 4.69) is 5.43 Å². The zero-order valence-electron chi connectivity index (χ0n) is 23.0. The average Bonchev–Trinajstić information content (AvgIpc) is 2.94. The van der Waals surface area contributed by atoms with Gasteiger partial charge in [0.25, 0.3) is 0 Å². The fourth-order valence-corrected chi connectivity index (χ4v) is 3.88. The molecule has 0 amide bonds. The van der Waals surface area contributed by atoms with Gasteiger partial charge in [0.05, 0.1) is 18.5 Å². The number of aliphatic hydroxyl groups excluding tert-OH is 1. The molecule has 39 heavy (non-hydrogen) atoms. The first-order chi connectivity index (χ1) is 18.8. The molecule has 0 aliphatic heterocycles. The maximum Gasteiger partial charge on any atom is 0.204 e. The summed E-state index contributed by atoms with van der Waals surface area (Å²) in [5, 5.41) is 28.7. The van der Waals surface area contributed by atoms with E-state index in [0.717, 1.165) is 48.6 Å². The number of fused-ring (bicyclic) bond motifs is 1.